The summed E-state index contributed by atoms with van der Waals surface area (Å²) in [6, 6.07) is 11.2. The van der Waals surface area contributed by atoms with Gasteiger partial charge >= 0.3 is 0 Å². The molecule has 0 saturated heterocycles. The normalized spacial score (nSPS) is 11.4. The highest BCUT2D eigenvalue weighted by molar-refractivity contribution is 7.14. The van der Waals surface area contributed by atoms with Crippen LogP contribution in [-0.2, 0) is 4.79 Å². The number of carbonyl (C=O) groups is 1. The van der Waals surface area contributed by atoms with Crippen LogP contribution in [0, 0.1) is 20.8 Å². The van der Waals surface area contributed by atoms with E-state index in [1.807, 2.05) is 5.38 Å². The van der Waals surface area contributed by atoms with Gasteiger partial charge in [0.15, 0.2) is 10.7 Å². The van der Waals surface area contributed by atoms with Crippen LogP contribution in [0.25, 0.3) is 11.3 Å². The molecule has 1 aromatic heterocycles. The minimum absolute atomic E-state index is 0.264. The van der Waals surface area contributed by atoms with Crippen LogP contribution in [0.4, 0.5) is 5.13 Å². The van der Waals surface area contributed by atoms with Gasteiger partial charge in [-0.3, -0.25) is 10.1 Å². The fourth-order valence-electron chi connectivity index (χ4n) is 2.78. The van der Waals surface area contributed by atoms with E-state index in [9.17, 15) is 4.79 Å². The molecule has 3 aromatic rings. The number of amides is 1. The number of nitrogens with one attached hydrogen (secondary N) is 1. The van der Waals surface area contributed by atoms with Crippen LogP contribution in [0.5, 0.6) is 5.75 Å². The minimum atomic E-state index is -1.06. The predicted octanol–water partition coefficient (Wildman–Crippen LogP) is 6.18. The lowest BCUT2D eigenvalue weighted by molar-refractivity contribution is -0.128. The molecule has 0 unspecified atom stereocenters. The van der Waals surface area contributed by atoms with E-state index < -0.39 is 5.60 Å². The molecule has 2 aromatic carbocycles. The van der Waals surface area contributed by atoms with Crippen molar-refractivity contribution in [1.29, 1.82) is 0 Å². The second-order valence-electron chi connectivity index (χ2n) is 7.31. The first-order valence-electron chi connectivity index (χ1n) is 8.95. The summed E-state index contributed by atoms with van der Waals surface area (Å²) in [6.45, 7) is 9.70. The molecule has 0 aliphatic rings. The van der Waals surface area contributed by atoms with Crippen LogP contribution in [0.3, 0.4) is 0 Å². The molecule has 0 aliphatic carbocycles. The van der Waals surface area contributed by atoms with E-state index in [1.54, 1.807) is 38.1 Å². The van der Waals surface area contributed by atoms with Gasteiger partial charge in [0.05, 0.1) is 5.69 Å². The second-order valence-corrected chi connectivity index (χ2v) is 8.60. The van der Waals surface area contributed by atoms with Gasteiger partial charge in [-0.05, 0) is 81.6 Å². The zero-order chi connectivity index (χ0) is 20.5. The Kier molecular flexibility index (Phi) is 5.77. The highest BCUT2D eigenvalue weighted by Gasteiger charge is 2.30. The number of benzene rings is 2. The quantitative estimate of drug-likeness (QED) is 0.541. The maximum atomic E-state index is 12.7. The van der Waals surface area contributed by atoms with Crippen molar-refractivity contribution >= 4 is 34.0 Å². The van der Waals surface area contributed by atoms with Crippen LogP contribution in [-0.4, -0.2) is 16.5 Å². The summed E-state index contributed by atoms with van der Waals surface area (Å²) in [5.74, 6) is 0.315. The van der Waals surface area contributed by atoms with E-state index in [1.165, 1.54) is 22.5 Å². The van der Waals surface area contributed by atoms with Gasteiger partial charge in [-0.25, -0.2) is 4.98 Å². The van der Waals surface area contributed by atoms with Gasteiger partial charge in [0, 0.05) is 16.0 Å². The van der Waals surface area contributed by atoms with E-state index in [4.69, 9.17) is 16.3 Å². The fourth-order valence-corrected chi connectivity index (χ4v) is 3.61. The molecule has 0 fully saturated rings. The van der Waals surface area contributed by atoms with Gasteiger partial charge < -0.3 is 4.74 Å². The van der Waals surface area contributed by atoms with Gasteiger partial charge in [0.1, 0.15) is 5.75 Å². The minimum Gasteiger partial charge on any atom is -0.478 e. The smallest absolute Gasteiger partial charge is 0.269 e. The van der Waals surface area contributed by atoms with E-state index in [0.29, 0.717) is 15.9 Å². The van der Waals surface area contributed by atoms with Crippen LogP contribution in [0.1, 0.15) is 30.5 Å². The van der Waals surface area contributed by atoms with Crippen molar-refractivity contribution in [2.45, 2.75) is 40.2 Å². The number of ether oxygens (including phenoxy) is 1. The Hall–Kier alpha value is -2.37. The molecule has 6 heteroatoms. The number of carbonyl (C=O) groups excluding carboxylic acids is 1. The number of nitrogens with zero attached hydrogens (tertiary/aromatic N) is 1. The Morgan fingerprint density at radius 2 is 1.71 bits per heavy atom. The Morgan fingerprint density at radius 1 is 1.07 bits per heavy atom. The summed E-state index contributed by atoms with van der Waals surface area (Å²) in [5, 5.41) is 5.99. The van der Waals surface area contributed by atoms with E-state index in [0.717, 1.165) is 16.8 Å². The molecule has 0 spiro atoms. The van der Waals surface area contributed by atoms with Crippen molar-refractivity contribution in [1.82, 2.24) is 4.98 Å². The van der Waals surface area contributed by atoms with Gasteiger partial charge in [0.2, 0.25) is 0 Å². The molecule has 1 amide bonds. The third-order valence-electron chi connectivity index (χ3n) is 4.57. The molecule has 0 saturated carbocycles. The van der Waals surface area contributed by atoms with Crippen molar-refractivity contribution in [3.8, 4) is 17.0 Å². The summed E-state index contributed by atoms with van der Waals surface area (Å²) in [5.41, 5.74) is 4.52. The van der Waals surface area contributed by atoms with E-state index in [-0.39, 0.29) is 5.91 Å². The average molecular weight is 415 g/mol. The Balaban J connectivity index is 1.74. The molecule has 0 aliphatic heterocycles. The van der Waals surface area contributed by atoms with Gasteiger partial charge in [-0.2, -0.15) is 0 Å². The van der Waals surface area contributed by atoms with Gasteiger partial charge in [0.25, 0.3) is 5.91 Å². The first kappa shape index (κ1) is 20.4. The second kappa shape index (κ2) is 7.94. The zero-order valence-corrected chi connectivity index (χ0v) is 18.2. The van der Waals surface area contributed by atoms with Crippen LogP contribution in [0.15, 0.2) is 41.8 Å². The number of rotatable bonds is 5. The molecular formula is C22H23ClN2O2S. The number of thiazole rings is 1. The first-order chi connectivity index (χ1) is 13.2. The average Bonchev–Trinajstić information content (AvgIpc) is 3.08. The highest BCUT2D eigenvalue weighted by Crippen LogP contribution is 2.30. The van der Waals surface area contributed by atoms with Crippen molar-refractivity contribution in [3.05, 3.63) is 63.5 Å². The molecule has 28 heavy (non-hydrogen) atoms. The summed E-state index contributed by atoms with van der Waals surface area (Å²) in [7, 11) is 0. The third kappa shape index (κ3) is 4.54. The molecule has 1 N–H and O–H groups in total. The molecule has 4 nitrogen and oxygen atoms in total. The van der Waals surface area contributed by atoms with E-state index in [2.05, 4.69) is 43.2 Å². The van der Waals surface area contributed by atoms with Crippen LogP contribution >= 0.6 is 22.9 Å². The number of aromatic nitrogens is 1. The molecule has 1 heterocycles. The SMILES string of the molecule is Cc1cc(C)c(-c2csc(NC(=O)C(C)(C)Oc3ccc(Cl)cc3)n2)cc1C. The molecule has 0 bridgehead atoms. The molecule has 146 valence electrons. The van der Waals surface area contributed by atoms with Crippen LogP contribution in [0.2, 0.25) is 5.02 Å². The number of hydrogen-bond donors (Lipinski definition) is 1. The summed E-state index contributed by atoms with van der Waals surface area (Å²) in [6.07, 6.45) is 0. The van der Waals surface area contributed by atoms with Crippen LogP contribution < -0.4 is 10.1 Å². The zero-order valence-electron chi connectivity index (χ0n) is 16.6. The Bertz CT molecular complexity index is 1010. The van der Waals surface area contributed by atoms with Crippen molar-refractivity contribution in [3.63, 3.8) is 0 Å². The van der Waals surface area contributed by atoms with Gasteiger partial charge in [-0.15, -0.1) is 11.3 Å². The summed E-state index contributed by atoms with van der Waals surface area (Å²) < 4.78 is 5.84. The number of anilines is 1. The predicted molar refractivity (Wildman–Crippen MR) is 117 cm³/mol. The lowest BCUT2D eigenvalue weighted by Gasteiger charge is -2.24. The standard InChI is InChI=1S/C22H23ClN2O2S/c1-13-10-15(3)18(11-14(13)2)19-12-28-21(24-19)25-20(26)22(4,5)27-17-8-6-16(23)7-9-17/h6-12H,1-5H3,(H,24,25,26). The summed E-state index contributed by atoms with van der Waals surface area (Å²) >= 11 is 7.29. The number of aryl methyl sites for hydroxylation is 3. The molecule has 0 atom stereocenters. The third-order valence-corrected chi connectivity index (χ3v) is 5.58. The van der Waals surface area contributed by atoms with Crippen molar-refractivity contribution in [2.24, 2.45) is 0 Å². The molecule has 0 radical (unpaired) electrons. The molecule has 3 rings (SSSR count). The topological polar surface area (TPSA) is 51.2 Å². The lowest BCUT2D eigenvalue weighted by atomic mass is 9.99. The van der Waals surface area contributed by atoms with Gasteiger partial charge in [-0.1, -0.05) is 17.7 Å². The van der Waals surface area contributed by atoms with Crippen molar-refractivity contribution < 1.29 is 9.53 Å². The highest BCUT2D eigenvalue weighted by atomic mass is 35.5. The molecular weight excluding hydrogens is 392 g/mol. The summed E-state index contributed by atoms with van der Waals surface area (Å²) in [4.78, 5) is 17.3. The van der Waals surface area contributed by atoms with Crippen molar-refractivity contribution in [2.75, 3.05) is 5.32 Å². The van der Waals surface area contributed by atoms with E-state index >= 15 is 0 Å². The first-order valence-corrected chi connectivity index (χ1v) is 10.2. The monoisotopic (exact) mass is 414 g/mol. The Morgan fingerprint density at radius 3 is 2.39 bits per heavy atom. The Labute approximate surface area is 174 Å². The fraction of sp³-hybridized carbons (Fsp3) is 0.273. The number of hydrogen-bond acceptors (Lipinski definition) is 4. The number of halogens is 1. The lowest BCUT2D eigenvalue weighted by Crippen LogP contribution is -2.42. The largest absolute Gasteiger partial charge is 0.478 e. The maximum absolute atomic E-state index is 12.7. The maximum Gasteiger partial charge on any atom is 0.269 e.